The molecule has 116 valence electrons. The SMILES string of the molecule is FC(F)(F)c1ccc(-c2cc(Oc3ccccc3)ncn2)cc1. The summed E-state index contributed by atoms with van der Waals surface area (Å²) in [6.07, 6.45) is -3.04. The van der Waals surface area contributed by atoms with Crippen molar-refractivity contribution in [3.05, 3.63) is 72.6 Å². The number of benzene rings is 2. The van der Waals surface area contributed by atoms with Crippen LogP contribution < -0.4 is 4.74 Å². The van der Waals surface area contributed by atoms with E-state index in [4.69, 9.17) is 4.74 Å². The quantitative estimate of drug-likeness (QED) is 0.685. The minimum Gasteiger partial charge on any atom is -0.439 e. The Kier molecular flexibility index (Phi) is 3.97. The number of rotatable bonds is 3. The molecule has 0 unspecified atom stereocenters. The highest BCUT2D eigenvalue weighted by atomic mass is 19.4. The van der Waals surface area contributed by atoms with Crippen LogP contribution in [-0.2, 0) is 6.18 Å². The third-order valence-electron chi connectivity index (χ3n) is 3.12. The first-order chi connectivity index (χ1) is 11.0. The molecular formula is C17H11F3N2O. The molecule has 0 aliphatic heterocycles. The predicted octanol–water partition coefficient (Wildman–Crippen LogP) is 4.95. The molecule has 0 fully saturated rings. The summed E-state index contributed by atoms with van der Waals surface area (Å²) in [6.45, 7) is 0. The van der Waals surface area contributed by atoms with Crippen LogP contribution in [0.4, 0.5) is 13.2 Å². The Morgan fingerprint density at radius 2 is 1.52 bits per heavy atom. The molecular weight excluding hydrogens is 305 g/mol. The molecule has 0 saturated carbocycles. The van der Waals surface area contributed by atoms with Gasteiger partial charge in [0.25, 0.3) is 0 Å². The number of alkyl halides is 3. The molecule has 23 heavy (non-hydrogen) atoms. The van der Waals surface area contributed by atoms with Crippen LogP contribution in [0.2, 0.25) is 0 Å². The topological polar surface area (TPSA) is 35.0 Å². The molecule has 1 aromatic heterocycles. The van der Waals surface area contributed by atoms with Crippen LogP contribution in [0.3, 0.4) is 0 Å². The van der Waals surface area contributed by atoms with E-state index in [9.17, 15) is 13.2 Å². The van der Waals surface area contributed by atoms with E-state index < -0.39 is 11.7 Å². The van der Waals surface area contributed by atoms with Crippen LogP contribution in [0.25, 0.3) is 11.3 Å². The second-order valence-electron chi connectivity index (χ2n) is 4.73. The van der Waals surface area contributed by atoms with Crippen LogP contribution in [-0.4, -0.2) is 9.97 Å². The van der Waals surface area contributed by atoms with Gasteiger partial charge in [-0.25, -0.2) is 9.97 Å². The zero-order chi connectivity index (χ0) is 16.3. The fourth-order valence-electron chi connectivity index (χ4n) is 1.99. The number of nitrogens with zero attached hydrogens (tertiary/aromatic N) is 2. The van der Waals surface area contributed by atoms with Gasteiger partial charge in [-0.15, -0.1) is 0 Å². The number of aromatic nitrogens is 2. The van der Waals surface area contributed by atoms with Crippen LogP contribution in [0.1, 0.15) is 5.56 Å². The monoisotopic (exact) mass is 316 g/mol. The zero-order valence-corrected chi connectivity index (χ0v) is 11.8. The average molecular weight is 316 g/mol. The van der Waals surface area contributed by atoms with E-state index in [-0.39, 0.29) is 0 Å². The Hall–Kier alpha value is -2.89. The third-order valence-corrected chi connectivity index (χ3v) is 3.12. The second kappa shape index (κ2) is 6.08. The highest BCUT2D eigenvalue weighted by molar-refractivity contribution is 5.60. The molecule has 0 atom stereocenters. The lowest BCUT2D eigenvalue weighted by molar-refractivity contribution is -0.137. The van der Waals surface area contributed by atoms with E-state index >= 15 is 0 Å². The van der Waals surface area contributed by atoms with Gasteiger partial charge in [0.2, 0.25) is 5.88 Å². The summed E-state index contributed by atoms with van der Waals surface area (Å²) < 4.78 is 43.3. The van der Waals surface area contributed by atoms with Gasteiger partial charge in [0, 0.05) is 11.6 Å². The maximum atomic E-state index is 12.6. The van der Waals surface area contributed by atoms with Gasteiger partial charge in [-0.1, -0.05) is 30.3 Å². The smallest absolute Gasteiger partial charge is 0.416 e. The maximum absolute atomic E-state index is 12.6. The maximum Gasteiger partial charge on any atom is 0.416 e. The van der Waals surface area contributed by atoms with E-state index in [1.54, 1.807) is 18.2 Å². The average Bonchev–Trinajstić information content (AvgIpc) is 2.55. The largest absolute Gasteiger partial charge is 0.439 e. The van der Waals surface area contributed by atoms with E-state index in [2.05, 4.69) is 9.97 Å². The highest BCUT2D eigenvalue weighted by Gasteiger charge is 2.30. The first kappa shape index (κ1) is 15.0. The molecule has 0 bridgehead atoms. The summed E-state index contributed by atoms with van der Waals surface area (Å²) in [7, 11) is 0. The number of halogens is 3. The van der Waals surface area contributed by atoms with Gasteiger partial charge < -0.3 is 4.74 Å². The molecule has 0 saturated heterocycles. The summed E-state index contributed by atoms with van der Waals surface area (Å²) in [5.41, 5.74) is 0.342. The molecule has 0 amide bonds. The lowest BCUT2D eigenvalue weighted by atomic mass is 10.1. The van der Waals surface area contributed by atoms with Gasteiger partial charge in [0.05, 0.1) is 11.3 Å². The molecule has 2 aromatic carbocycles. The number of hydrogen-bond donors (Lipinski definition) is 0. The van der Waals surface area contributed by atoms with Gasteiger partial charge in [-0.2, -0.15) is 13.2 Å². The Labute approximate surface area is 130 Å². The van der Waals surface area contributed by atoms with E-state index in [1.165, 1.54) is 18.5 Å². The van der Waals surface area contributed by atoms with E-state index in [0.29, 0.717) is 22.9 Å². The first-order valence-corrected chi connectivity index (χ1v) is 6.75. The van der Waals surface area contributed by atoms with Crippen molar-refractivity contribution < 1.29 is 17.9 Å². The number of para-hydroxylation sites is 1. The van der Waals surface area contributed by atoms with Gasteiger partial charge in [0.1, 0.15) is 12.1 Å². The van der Waals surface area contributed by atoms with Crippen LogP contribution in [0.15, 0.2) is 67.0 Å². The van der Waals surface area contributed by atoms with Gasteiger partial charge in [-0.3, -0.25) is 0 Å². The molecule has 0 N–H and O–H groups in total. The Morgan fingerprint density at radius 1 is 0.826 bits per heavy atom. The lowest BCUT2D eigenvalue weighted by Gasteiger charge is -2.08. The minimum atomic E-state index is -4.36. The molecule has 0 spiro atoms. The Balaban J connectivity index is 1.85. The summed E-state index contributed by atoms with van der Waals surface area (Å²) in [4.78, 5) is 8.07. The van der Waals surface area contributed by atoms with Crippen molar-refractivity contribution in [2.24, 2.45) is 0 Å². The van der Waals surface area contributed by atoms with Crippen molar-refractivity contribution in [3.8, 4) is 22.9 Å². The summed E-state index contributed by atoms with van der Waals surface area (Å²) in [5, 5.41) is 0. The minimum absolute atomic E-state index is 0.320. The van der Waals surface area contributed by atoms with E-state index in [1.807, 2.05) is 18.2 Å². The zero-order valence-electron chi connectivity index (χ0n) is 11.8. The van der Waals surface area contributed by atoms with Gasteiger partial charge >= 0.3 is 6.18 Å². The highest BCUT2D eigenvalue weighted by Crippen LogP contribution is 2.31. The molecule has 1 heterocycles. The summed E-state index contributed by atoms with van der Waals surface area (Å²) >= 11 is 0. The normalized spacial score (nSPS) is 11.3. The van der Waals surface area contributed by atoms with Crippen molar-refractivity contribution in [3.63, 3.8) is 0 Å². The van der Waals surface area contributed by atoms with Crippen LogP contribution in [0, 0.1) is 0 Å². The first-order valence-electron chi connectivity index (χ1n) is 6.75. The summed E-state index contributed by atoms with van der Waals surface area (Å²) in [6, 6.07) is 15.4. The van der Waals surface area contributed by atoms with Gasteiger partial charge in [0.15, 0.2) is 0 Å². The standard InChI is InChI=1S/C17H11F3N2O/c18-17(19,20)13-8-6-12(7-9-13)15-10-16(22-11-21-15)23-14-4-2-1-3-5-14/h1-11H. The fraction of sp³-hybridized carbons (Fsp3) is 0.0588. The predicted molar refractivity (Wildman–Crippen MR) is 79.0 cm³/mol. The molecule has 0 aliphatic rings. The Bertz CT molecular complexity index is 787. The second-order valence-corrected chi connectivity index (χ2v) is 4.73. The molecule has 0 radical (unpaired) electrons. The molecule has 3 rings (SSSR count). The Morgan fingerprint density at radius 3 is 2.17 bits per heavy atom. The van der Waals surface area contributed by atoms with E-state index in [0.717, 1.165) is 12.1 Å². The van der Waals surface area contributed by atoms with Crippen molar-refractivity contribution in [2.45, 2.75) is 6.18 Å². The van der Waals surface area contributed by atoms with Crippen molar-refractivity contribution in [1.82, 2.24) is 9.97 Å². The number of hydrogen-bond acceptors (Lipinski definition) is 3. The fourth-order valence-corrected chi connectivity index (χ4v) is 1.99. The lowest BCUT2D eigenvalue weighted by Crippen LogP contribution is -2.04. The van der Waals surface area contributed by atoms with Crippen molar-refractivity contribution in [2.75, 3.05) is 0 Å². The number of ether oxygens (including phenoxy) is 1. The van der Waals surface area contributed by atoms with Crippen molar-refractivity contribution >= 4 is 0 Å². The molecule has 3 aromatic rings. The van der Waals surface area contributed by atoms with Crippen LogP contribution >= 0.6 is 0 Å². The molecule has 3 nitrogen and oxygen atoms in total. The molecule has 6 heteroatoms. The third kappa shape index (κ3) is 3.66. The van der Waals surface area contributed by atoms with Crippen molar-refractivity contribution in [1.29, 1.82) is 0 Å². The van der Waals surface area contributed by atoms with Crippen LogP contribution in [0.5, 0.6) is 11.6 Å². The summed E-state index contributed by atoms with van der Waals surface area (Å²) in [5.74, 6) is 0.936. The molecule has 0 aliphatic carbocycles. The van der Waals surface area contributed by atoms with Gasteiger partial charge in [-0.05, 0) is 24.3 Å².